The number of hydrogen-bond acceptors (Lipinski definition) is 4. The zero-order chi connectivity index (χ0) is 19.0. The standard InChI is InChI=1S/C20H19N5O2/c1-11(2)16(18-21-14-9-5-6-10-15(14)22-18)23-20(27)17-12-7-3-4-8-13(12)19(26)25-24-17/h3-11,16H,1-2H3,(H,21,22)(H,23,27)(H,25,26)/t16-/m1/s1. The molecule has 1 amide bonds. The molecule has 27 heavy (non-hydrogen) atoms. The van der Waals surface area contributed by atoms with Crippen molar-refractivity contribution in [3.05, 3.63) is 70.4 Å². The fraction of sp³-hybridized carbons (Fsp3) is 0.200. The quantitative estimate of drug-likeness (QED) is 0.520. The van der Waals surface area contributed by atoms with E-state index in [-0.39, 0.29) is 29.1 Å². The van der Waals surface area contributed by atoms with Gasteiger partial charge in [0, 0.05) is 5.39 Å². The maximum absolute atomic E-state index is 12.9. The highest BCUT2D eigenvalue weighted by Crippen LogP contribution is 2.23. The van der Waals surface area contributed by atoms with Crippen molar-refractivity contribution < 1.29 is 4.79 Å². The lowest BCUT2D eigenvalue weighted by Crippen LogP contribution is -2.33. The van der Waals surface area contributed by atoms with E-state index in [1.165, 1.54) is 0 Å². The first-order valence-corrected chi connectivity index (χ1v) is 8.77. The van der Waals surface area contributed by atoms with Crippen LogP contribution in [0.3, 0.4) is 0 Å². The van der Waals surface area contributed by atoms with Gasteiger partial charge in [0.25, 0.3) is 11.5 Å². The molecule has 0 aliphatic heterocycles. The third kappa shape index (κ3) is 3.08. The molecule has 7 nitrogen and oxygen atoms in total. The number of carbonyl (C=O) groups is 1. The molecule has 136 valence electrons. The summed E-state index contributed by atoms with van der Waals surface area (Å²) in [6, 6.07) is 14.3. The summed E-state index contributed by atoms with van der Waals surface area (Å²) in [7, 11) is 0. The van der Waals surface area contributed by atoms with E-state index < -0.39 is 0 Å². The molecular formula is C20H19N5O2. The van der Waals surface area contributed by atoms with Crippen LogP contribution in [0.25, 0.3) is 21.8 Å². The average molecular weight is 361 g/mol. The van der Waals surface area contributed by atoms with E-state index in [1.807, 2.05) is 38.1 Å². The summed E-state index contributed by atoms with van der Waals surface area (Å²) in [6.07, 6.45) is 0. The zero-order valence-electron chi connectivity index (χ0n) is 15.0. The van der Waals surface area contributed by atoms with Gasteiger partial charge in [0.2, 0.25) is 0 Å². The molecule has 2 aromatic carbocycles. The van der Waals surface area contributed by atoms with Gasteiger partial charge in [0.05, 0.1) is 22.5 Å². The molecule has 0 radical (unpaired) electrons. The second kappa shape index (κ2) is 6.68. The number of aromatic amines is 2. The Hall–Kier alpha value is -3.48. The van der Waals surface area contributed by atoms with Crippen LogP contribution in [0.15, 0.2) is 53.3 Å². The van der Waals surface area contributed by atoms with Crippen molar-refractivity contribution in [1.29, 1.82) is 0 Å². The van der Waals surface area contributed by atoms with Crippen molar-refractivity contribution in [2.75, 3.05) is 0 Å². The molecule has 0 bridgehead atoms. The molecular weight excluding hydrogens is 342 g/mol. The fourth-order valence-electron chi connectivity index (χ4n) is 3.17. The van der Waals surface area contributed by atoms with Crippen LogP contribution in [-0.2, 0) is 0 Å². The van der Waals surface area contributed by atoms with Crippen molar-refractivity contribution in [2.24, 2.45) is 5.92 Å². The number of nitrogens with zero attached hydrogens (tertiary/aromatic N) is 2. The predicted octanol–water partition coefficient (Wildman–Crippen LogP) is 2.93. The van der Waals surface area contributed by atoms with Crippen molar-refractivity contribution >= 4 is 27.7 Å². The van der Waals surface area contributed by atoms with E-state index in [0.29, 0.717) is 16.6 Å². The van der Waals surface area contributed by atoms with Crippen LogP contribution in [0, 0.1) is 5.92 Å². The van der Waals surface area contributed by atoms with Gasteiger partial charge in [-0.05, 0) is 24.1 Å². The Morgan fingerprint density at radius 3 is 2.48 bits per heavy atom. The molecule has 2 aromatic heterocycles. The van der Waals surface area contributed by atoms with Crippen LogP contribution >= 0.6 is 0 Å². The highest BCUT2D eigenvalue weighted by atomic mass is 16.2. The topological polar surface area (TPSA) is 104 Å². The maximum Gasteiger partial charge on any atom is 0.272 e. The van der Waals surface area contributed by atoms with Gasteiger partial charge in [-0.3, -0.25) is 9.59 Å². The lowest BCUT2D eigenvalue weighted by Gasteiger charge is -2.20. The number of para-hydroxylation sites is 2. The summed E-state index contributed by atoms with van der Waals surface area (Å²) in [4.78, 5) is 32.8. The Bertz CT molecular complexity index is 1160. The van der Waals surface area contributed by atoms with E-state index in [4.69, 9.17) is 0 Å². The molecule has 0 unspecified atom stereocenters. The van der Waals surface area contributed by atoms with Crippen molar-refractivity contribution in [3.63, 3.8) is 0 Å². The number of carbonyl (C=O) groups excluding carboxylic acids is 1. The molecule has 0 spiro atoms. The number of amides is 1. The molecule has 0 saturated carbocycles. The van der Waals surface area contributed by atoms with E-state index >= 15 is 0 Å². The van der Waals surface area contributed by atoms with Gasteiger partial charge in [0.1, 0.15) is 5.82 Å². The third-order valence-electron chi connectivity index (χ3n) is 4.57. The van der Waals surface area contributed by atoms with Crippen LogP contribution in [0.5, 0.6) is 0 Å². The van der Waals surface area contributed by atoms with E-state index in [9.17, 15) is 9.59 Å². The van der Waals surface area contributed by atoms with Gasteiger partial charge in [-0.15, -0.1) is 0 Å². The Morgan fingerprint density at radius 1 is 1.04 bits per heavy atom. The predicted molar refractivity (Wildman–Crippen MR) is 104 cm³/mol. The van der Waals surface area contributed by atoms with Crippen LogP contribution < -0.4 is 10.9 Å². The normalized spacial score (nSPS) is 12.6. The molecule has 4 aromatic rings. The molecule has 0 saturated heterocycles. The minimum atomic E-state index is -0.360. The van der Waals surface area contributed by atoms with Crippen LogP contribution in [0.2, 0.25) is 0 Å². The highest BCUT2D eigenvalue weighted by Gasteiger charge is 2.24. The Labute approximate surface area is 154 Å². The van der Waals surface area contributed by atoms with E-state index in [2.05, 4.69) is 25.5 Å². The average Bonchev–Trinajstić information content (AvgIpc) is 3.10. The van der Waals surface area contributed by atoms with E-state index in [0.717, 1.165) is 11.0 Å². The highest BCUT2D eigenvalue weighted by molar-refractivity contribution is 6.04. The first kappa shape index (κ1) is 17.0. The van der Waals surface area contributed by atoms with E-state index in [1.54, 1.807) is 24.3 Å². The van der Waals surface area contributed by atoms with Gasteiger partial charge >= 0.3 is 0 Å². The first-order chi connectivity index (χ1) is 13.0. The van der Waals surface area contributed by atoms with Crippen molar-refractivity contribution in [2.45, 2.75) is 19.9 Å². The number of nitrogens with one attached hydrogen (secondary N) is 3. The second-order valence-electron chi connectivity index (χ2n) is 6.78. The van der Waals surface area contributed by atoms with Gasteiger partial charge < -0.3 is 10.3 Å². The lowest BCUT2D eigenvalue weighted by atomic mass is 10.0. The number of imidazole rings is 1. The smallest absolute Gasteiger partial charge is 0.272 e. The second-order valence-corrected chi connectivity index (χ2v) is 6.78. The zero-order valence-corrected chi connectivity index (χ0v) is 15.0. The molecule has 4 rings (SSSR count). The number of H-pyrrole nitrogens is 2. The summed E-state index contributed by atoms with van der Waals surface area (Å²) in [5.41, 5.74) is 1.63. The molecule has 0 aliphatic rings. The summed E-state index contributed by atoms with van der Waals surface area (Å²) in [5.74, 6) is 0.429. The SMILES string of the molecule is CC(C)[C@@H](NC(=O)c1n[nH]c(=O)c2ccccc12)c1nc2ccccc2[nH]1. The molecule has 2 heterocycles. The van der Waals surface area contributed by atoms with Gasteiger partial charge in [-0.25, -0.2) is 10.1 Å². The van der Waals surface area contributed by atoms with Crippen molar-refractivity contribution in [1.82, 2.24) is 25.5 Å². The summed E-state index contributed by atoms with van der Waals surface area (Å²) in [5, 5.41) is 10.3. The first-order valence-electron chi connectivity index (χ1n) is 8.77. The number of hydrogen-bond donors (Lipinski definition) is 3. The number of aromatic nitrogens is 4. The van der Waals surface area contributed by atoms with Crippen LogP contribution in [-0.4, -0.2) is 26.1 Å². The summed E-state index contributed by atoms with van der Waals surface area (Å²) < 4.78 is 0. The van der Waals surface area contributed by atoms with Gasteiger partial charge in [-0.2, -0.15) is 5.10 Å². The molecule has 7 heteroatoms. The largest absolute Gasteiger partial charge is 0.340 e. The van der Waals surface area contributed by atoms with Gasteiger partial charge in [-0.1, -0.05) is 44.2 Å². The monoisotopic (exact) mass is 361 g/mol. The molecule has 1 atom stereocenters. The molecule has 0 fully saturated rings. The Balaban J connectivity index is 1.71. The van der Waals surface area contributed by atoms with Crippen LogP contribution in [0.4, 0.5) is 0 Å². The third-order valence-corrected chi connectivity index (χ3v) is 4.57. The summed E-state index contributed by atoms with van der Waals surface area (Å²) >= 11 is 0. The minimum absolute atomic E-state index is 0.100. The minimum Gasteiger partial charge on any atom is -0.340 e. The Kier molecular flexibility index (Phi) is 4.19. The lowest BCUT2D eigenvalue weighted by molar-refractivity contribution is 0.0919. The maximum atomic E-state index is 12.9. The van der Waals surface area contributed by atoms with Crippen LogP contribution in [0.1, 0.15) is 36.2 Å². The number of rotatable bonds is 4. The summed E-state index contributed by atoms with van der Waals surface area (Å²) in [6.45, 7) is 4.02. The van der Waals surface area contributed by atoms with Crippen molar-refractivity contribution in [3.8, 4) is 0 Å². The molecule has 3 N–H and O–H groups in total. The van der Waals surface area contributed by atoms with Gasteiger partial charge in [0.15, 0.2) is 5.69 Å². The number of fused-ring (bicyclic) bond motifs is 2. The molecule has 0 aliphatic carbocycles. The fourth-order valence-corrected chi connectivity index (χ4v) is 3.17. The Morgan fingerprint density at radius 2 is 1.74 bits per heavy atom. The number of benzene rings is 2.